The second-order valence-electron chi connectivity index (χ2n) is 6.36. The minimum atomic E-state index is 0.512. The summed E-state index contributed by atoms with van der Waals surface area (Å²) < 4.78 is 0. The molecular formula is C17H26N2. The maximum absolute atomic E-state index is 3.73. The van der Waals surface area contributed by atoms with E-state index in [-0.39, 0.29) is 0 Å². The van der Waals surface area contributed by atoms with Crippen molar-refractivity contribution in [3.05, 3.63) is 35.9 Å². The van der Waals surface area contributed by atoms with Gasteiger partial charge in [-0.2, -0.15) is 0 Å². The lowest BCUT2D eigenvalue weighted by Gasteiger charge is -2.40. The van der Waals surface area contributed by atoms with Crippen molar-refractivity contribution in [2.24, 2.45) is 11.8 Å². The molecule has 4 atom stereocenters. The van der Waals surface area contributed by atoms with E-state index in [4.69, 9.17) is 0 Å². The first kappa shape index (κ1) is 13.1. The van der Waals surface area contributed by atoms with Gasteiger partial charge in [0, 0.05) is 31.7 Å². The highest BCUT2D eigenvalue weighted by molar-refractivity contribution is 5.20. The Morgan fingerprint density at radius 3 is 2.63 bits per heavy atom. The van der Waals surface area contributed by atoms with E-state index in [1.807, 2.05) is 0 Å². The third-order valence-corrected chi connectivity index (χ3v) is 4.95. The lowest BCUT2D eigenvalue weighted by molar-refractivity contribution is 0.119. The Labute approximate surface area is 117 Å². The molecule has 104 valence electrons. The standard InChI is InChI=1S/C17H26N2/c1-3-16-10-18-17(14-7-5-4-6-8-14)12-19(16)11-15-9-13(15)2/h4-8,13,15-18H,3,9-12H2,1-2H3. The maximum Gasteiger partial charge on any atom is 0.0449 e. The minimum absolute atomic E-state index is 0.512. The summed E-state index contributed by atoms with van der Waals surface area (Å²) in [4.78, 5) is 2.74. The summed E-state index contributed by atoms with van der Waals surface area (Å²) in [5.41, 5.74) is 1.44. The van der Waals surface area contributed by atoms with Crippen molar-refractivity contribution in [3.63, 3.8) is 0 Å². The SMILES string of the molecule is CCC1CNC(c2ccccc2)CN1CC1CC1C. The van der Waals surface area contributed by atoms with E-state index in [9.17, 15) is 0 Å². The Morgan fingerprint density at radius 2 is 2.00 bits per heavy atom. The highest BCUT2D eigenvalue weighted by atomic mass is 15.2. The van der Waals surface area contributed by atoms with Gasteiger partial charge < -0.3 is 5.32 Å². The van der Waals surface area contributed by atoms with Gasteiger partial charge in [-0.1, -0.05) is 44.2 Å². The van der Waals surface area contributed by atoms with E-state index in [0.717, 1.165) is 24.4 Å². The van der Waals surface area contributed by atoms with Gasteiger partial charge in [-0.3, -0.25) is 4.90 Å². The van der Waals surface area contributed by atoms with Crippen molar-refractivity contribution >= 4 is 0 Å². The van der Waals surface area contributed by atoms with Crippen LogP contribution < -0.4 is 5.32 Å². The summed E-state index contributed by atoms with van der Waals surface area (Å²) >= 11 is 0. The van der Waals surface area contributed by atoms with Crippen LogP contribution in [0, 0.1) is 11.8 Å². The van der Waals surface area contributed by atoms with Crippen LogP contribution in [0.3, 0.4) is 0 Å². The molecule has 1 saturated carbocycles. The van der Waals surface area contributed by atoms with Gasteiger partial charge in [0.2, 0.25) is 0 Å². The van der Waals surface area contributed by atoms with Crippen molar-refractivity contribution in [2.45, 2.75) is 38.8 Å². The topological polar surface area (TPSA) is 15.3 Å². The van der Waals surface area contributed by atoms with Gasteiger partial charge >= 0.3 is 0 Å². The highest BCUT2D eigenvalue weighted by Gasteiger charge is 2.37. The quantitative estimate of drug-likeness (QED) is 0.893. The zero-order valence-corrected chi connectivity index (χ0v) is 12.2. The Balaban J connectivity index is 1.66. The molecule has 1 aliphatic heterocycles. The van der Waals surface area contributed by atoms with Crippen LogP contribution in [0.2, 0.25) is 0 Å². The number of hydrogen-bond acceptors (Lipinski definition) is 2. The summed E-state index contributed by atoms with van der Waals surface area (Å²) in [6, 6.07) is 12.1. The number of piperazine rings is 1. The molecule has 2 heteroatoms. The molecule has 2 nitrogen and oxygen atoms in total. The van der Waals surface area contributed by atoms with Crippen molar-refractivity contribution < 1.29 is 0 Å². The van der Waals surface area contributed by atoms with Crippen molar-refractivity contribution in [1.29, 1.82) is 0 Å². The third kappa shape index (κ3) is 3.01. The van der Waals surface area contributed by atoms with E-state index < -0.39 is 0 Å². The Hall–Kier alpha value is -0.860. The van der Waals surface area contributed by atoms with Gasteiger partial charge in [0.05, 0.1) is 0 Å². The van der Waals surface area contributed by atoms with Crippen LogP contribution in [-0.4, -0.2) is 30.6 Å². The van der Waals surface area contributed by atoms with Crippen LogP contribution in [0.1, 0.15) is 38.3 Å². The third-order valence-electron chi connectivity index (χ3n) is 4.95. The number of nitrogens with one attached hydrogen (secondary N) is 1. The number of hydrogen-bond donors (Lipinski definition) is 1. The number of nitrogens with zero attached hydrogens (tertiary/aromatic N) is 1. The van der Waals surface area contributed by atoms with E-state index in [1.165, 1.54) is 31.5 Å². The molecule has 1 saturated heterocycles. The summed E-state index contributed by atoms with van der Waals surface area (Å²) in [6.07, 6.45) is 2.70. The number of rotatable bonds is 4. The second kappa shape index (κ2) is 5.64. The van der Waals surface area contributed by atoms with E-state index >= 15 is 0 Å². The fraction of sp³-hybridized carbons (Fsp3) is 0.647. The number of benzene rings is 1. The van der Waals surface area contributed by atoms with Gasteiger partial charge in [-0.15, -0.1) is 0 Å². The molecule has 2 fully saturated rings. The van der Waals surface area contributed by atoms with Crippen molar-refractivity contribution in [3.8, 4) is 0 Å². The van der Waals surface area contributed by atoms with Gasteiger partial charge in [-0.25, -0.2) is 0 Å². The summed E-state index contributed by atoms with van der Waals surface area (Å²) in [5, 5.41) is 3.73. The molecule has 0 spiro atoms. The molecule has 0 amide bonds. The van der Waals surface area contributed by atoms with Crippen LogP contribution in [0.5, 0.6) is 0 Å². The lowest BCUT2D eigenvalue weighted by atomic mass is 10.0. The zero-order chi connectivity index (χ0) is 13.2. The van der Waals surface area contributed by atoms with Crippen LogP contribution in [0.15, 0.2) is 30.3 Å². The maximum atomic E-state index is 3.73. The predicted octanol–water partition coefficient (Wildman–Crippen LogP) is 3.07. The van der Waals surface area contributed by atoms with Crippen LogP contribution in [0.25, 0.3) is 0 Å². The molecule has 1 aliphatic carbocycles. The minimum Gasteiger partial charge on any atom is -0.307 e. The monoisotopic (exact) mass is 258 g/mol. The molecule has 0 bridgehead atoms. The van der Waals surface area contributed by atoms with E-state index in [0.29, 0.717) is 6.04 Å². The molecular weight excluding hydrogens is 232 g/mol. The Bertz CT molecular complexity index is 403. The Morgan fingerprint density at radius 1 is 1.26 bits per heavy atom. The molecule has 1 N–H and O–H groups in total. The molecule has 0 radical (unpaired) electrons. The first-order chi connectivity index (χ1) is 9.28. The van der Waals surface area contributed by atoms with Crippen LogP contribution in [-0.2, 0) is 0 Å². The molecule has 1 heterocycles. The average molecular weight is 258 g/mol. The predicted molar refractivity (Wildman–Crippen MR) is 80.1 cm³/mol. The van der Waals surface area contributed by atoms with Gasteiger partial charge in [0.15, 0.2) is 0 Å². The van der Waals surface area contributed by atoms with Gasteiger partial charge in [-0.05, 0) is 30.2 Å². The normalized spacial score (nSPS) is 35.3. The molecule has 4 unspecified atom stereocenters. The molecule has 1 aromatic rings. The molecule has 0 aromatic heterocycles. The van der Waals surface area contributed by atoms with Crippen LogP contribution >= 0.6 is 0 Å². The summed E-state index contributed by atoms with van der Waals surface area (Å²) in [5.74, 6) is 1.92. The fourth-order valence-corrected chi connectivity index (χ4v) is 3.34. The van der Waals surface area contributed by atoms with E-state index in [2.05, 4.69) is 54.4 Å². The fourth-order valence-electron chi connectivity index (χ4n) is 3.34. The van der Waals surface area contributed by atoms with Gasteiger partial charge in [0.25, 0.3) is 0 Å². The zero-order valence-electron chi connectivity index (χ0n) is 12.2. The first-order valence-corrected chi connectivity index (χ1v) is 7.80. The molecule has 2 aliphatic rings. The molecule has 1 aromatic carbocycles. The smallest absolute Gasteiger partial charge is 0.0449 e. The molecule has 3 rings (SSSR count). The Kier molecular flexibility index (Phi) is 3.90. The second-order valence-corrected chi connectivity index (χ2v) is 6.36. The summed E-state index contributed by atoms with van der Waals surface area (Å²) in [7, 11) is 0. The summed E-state index contributed by atoms with van der Waals surface area (Å²) in [6.45, 7) is 8.33. The highest BCUT2D eigenvalue weighted by Crippen LogP contribution is 2.39. The lowest BCUT2D eigenvalue weighted by Crippen LogP contribution is -2.53. The average Bonchev–Trinajstić information content (AvgIpc) is 3.15. The first-order valence-electron chi connectivity index (χ1n) is 7.80. The molecule has 19 heavy (non-hydrogen) atoms. The van der Waals surface area contributed by atoms with Gasteiger partial charge in [0.1, 0.15) is 0 Å². The van der Waals surface area contributed by atoms with Crippen molar-refractivity contribution in [2.75, 3.05) is 19.6 Å². The van der Waals surface area contributed by atoms with Crippen molar-refractivity contribution in [1.82, 2.24) is 10.2 Å². The van der Waals surface area contributed by atoms with Crippen LogP contribution in [0.4, 0.5) is 0 Å². The largest absolute Gasteiger partial charge is 0.307 e. The van der Waals surface area contributed by atoms with E-state index in [1.54, 1.807) is 0 Å².